The molecule has 0 aliphatic heterocycles. The lowest BCUT2D eigenvalue weighted by molar-refractivity contribution is -0.139. The van der Waals surface area contributed by atoms with Gasteiger partial charge in [0.25, 0.3) is 5.91 Å². The normalized spacial score (nSPS) is 10.9. The van der Waals surface area contributed by atoms with Crippen LogP contribution in [0.2, 0.25) is 0 Å². The number of nitrogens with zero attached hydrogens (tertiary/aromatic N) is 3. The van der Waals surface area contributed by atoms with Crippen LogP contribution in [-0.4, -0.2) is 39.4 Å². The summed E-state index contributed by atoms with van der Waals surface area (Å²) in [6.07, 6.45) is 0.853. The predicted molar refractivity (Wildman–Crippen MR) is 101 cm³/mol. The minimum Gasteiger partial charge on any atom is -0.465 e. The number of hydrogen-bond donors (Lipinski definition) is 1. The van der Waals surface area contributed by atoms with Crippen molar-refractivity contribution in [2.75, 3.05) is 17.7 Å². The van der Waals surface area contributed by atoms with Crippen LogP contribution in [-0.2, 0) is 16.0 Å². The van der Waals surface area contributed by atoms with Crippen LogP contribution in [0.3, 0.4) is 0 Å². The third-order valence-electron chi connectivity index (χ3n) is 2.88. The molecule has 2 aromatic rings. The molecule has 10 heteroatoms. The Morgan fingerprint density at radius 1 is 1.28 bits per heavy atom. The van der Waals surface area contributed by atoms with Crippen LogP contribution >= 0.6 is 34.4 Å². The fraction of sp³-hybridized carbons (Fsp3) is 0.533. The summed E-state index contributed by atoms with van der Waals surface area (Å²) in [6.45, 7) is 8.18. The van der Waals surface area contributed by atoms with Crippen molar-refractivity contribution in [1.29, 1.82) is 0 Å². The van der Waals surface area contributed by atoms with E-state index in [2.05, 4.69) is 34.3 Å². The van der Waals surface area contributed by atoms with Crippen LogP contribution in [0.1, 0.15) is 41.1 Å². The number of ether oxygens (including phenoxy) is 1. The zero-order valence-corrected chi connectivity index (χ0v) is 16.9. The first-order valence-electron chi connectivity index (χ1n) is 7.78. The minimum atomic E-state index is -0.300. The molecule has 1 N–H and O–H groups in total. The second-order valence-electron chi connectivity index (χ2n) is 5.54. The van der Waals surface area contributed by atoms with Gasteiger partial charge in [0.05, 0.1) is 23.1 Å². The number of rotatable bonds is 8. The average molecular weight is 401 g/mol. The Balaban J connectivity index is 1.95. The Hall–Kier alpha value is -1.52. The number of hydrogen-bond acceptors (Lipinski definition) is 9. The molecule has 2 rings (SSSR count). The van der Waals surface area contributed by atoms with Crippen LogP contribution in [0.5, 0.6) is 0 Å². The van der Waals surface area contributed by atoms with E-state index in [1.165, 1.54) is 34.4 Å². The summed E-state index contributed by atoms with van der Waals surface area (Å²) in [5.74, 6) is 0.126. The Morgan fingerprint density at radius 2 is 2.04 bits per heavy atom. The number of anilines is 1. The average Bonchev–Trinajstić information content (AvgIpc) is 3.11. The summed E-state index contributed by atoms with van der Waals surface area (Å²) in [6, 6.07) is 0. The highest BCUT2D eigenvalue weighted by molar-refractivity contribution is 8.01. The molecule has 0 aliphatic carbocycles. The van der Waals surface area contributed by atoms with Gasteiger partial charge in [-0.25, -0.2) is 4.98 Å². The number of thiazole rings is 1. The van der Waals surface area contributed by atoms with Crippen molar-refractivity contribution < 1.29 is 14.3 Å². The van der Waals surface area contributed by atoms with Crippen molar-refractivity contribution in [2.24, 2.45) is 5.92 Å². The van der Waals surface area contributed by atoms with Gasteiger partial charge >= 0.3 is 5.97 Å². The van der Waals surface area contributed by atoms with Gasteiger partial charge in [-0.3, -0.25) is 14.9 Å². The largest absolute Gasteiger partial charge is 0.465 e. The lowest BCUT2D eigenvalue weighted by Gasteiger charge is -1.99. The Bertz CT molecular complexity index is 742. The monoisotopic (exact) mass is 400 g/mol. The van der Waals surface area contributed by atoms with E-state index >= 15 is 0 Å². The van der Waals surface area contributed by atoms with E-state index in [1.54, 1.807) is 6.92 Å². The molecule has 0 spiro atoms. The first-order valence-corrected chi connectivity index (χ1v) is 10.4. The Morgan fingerprint density at radius 3 is 2.72 bits per heavy atom. The van der Waals surface area contributed by atoms with Crippen LogP contribution in [0, 0.1) is 12.8 Å². The van der Waals surface area contributed by atoms with Crippen molar-refractivity contribution in [3.05, 3.63) is 15.6 Å². The molecule has 0 atom stereocenters. The van der Waals surface area contributed by atoms with E-state index in [4.69, 9.17) is 4.74 Å². The third-order valence-corrected chi connectivity index (χ3v) is 6.00. The second kappa shape index (κ2) is 9.25. The molecular weight excluding hydrogens is 380 g/mol. The van der Waals surface area contributed by atoms with Crippen molar-refractivity contribution in [1.82, 2.24) is 15.2 Å². The standard InChI is InChI=1S/C15H20N4O3S3/c1-5-22-11(20)7-23-15-19-18-14(25-15)17-13(21)12-9(4)16-10(24-12)6-8(2)3/h8H,5-7H2,1-4H3,(H,17,18,21). The van der Waals surface area contributed by atoms with Crippen LogP contribution < -0.4 is 5.32 Å². The number of esters is 1. The molecule has 2 aromatic heterocycles. The fourth-order valence-corrected chi connectivity index (χ4v) is 4.61. The van der Waals surface area contributed by atoms with Gasteiger partial charge in [0.2, 0.25) is 5.13 Å². The zero-order chi connectivity index (χ0) is 18.4. The SMILES string of the molecule is CCOC(=O)CSc1nnc(NC(=O)c2sc(CC(C)C)nc2C)s1. The first kappa shape index (κ1) is 19.8. The van der Waals surface area contributed by atoms with E-state index in [9.17, 15) is 9.59 Å². The zero-order valence-electron chi connectivity index (χ0n) is 14.5. The summed E-state index contributed by atoms with van der Waals surface area (Å²) in [4.78, 5) is 28.8. The Labute approximate surface area is 158 Å². The van der Waals surface area contributed by atoms with Crippen LogP contribution in [0.25, 0.3) is 0 Å². The van der Waals surface area contributed by atoms with Crippen molar-refractivity contribution >= 4 is 51.4 Å². The molecule has 0 aliphatic rings. The van der Waals surface area contributed by atoms with Crippen molar-refractivity contribution in [2.45, 2.75) is 38.5 Å². The molecule has 25 heavy (non-hydrogen) atoms. The van der Waals surface area contributed by atoms with Gasteiger partial charge in [0.15, 0.2) is 4.34 Å². The topological polar surface area (TPSA) is 94.1 Å². The van der Waals surface area contributed by atoms with Gasteiger partial charge in [-0.1, -0.05) is 36.9 Å². The second-order valence-corrected chi connectivity index (χ2v) is 8.82. The molecule has 0 saturated carbocycles. The molecular formula is C15H20N4O3S3. The summed E-state index contributed by atoms with van der Waals surface area (Å²) in [7, 11) is 0. The maximum Gasteiger partial charge on any atom is 0.316 e. The van der Waals surface area contributed by atoms with E-state index < -0.39 is 0 Å². The number of aromatic nitrogens is 3. The van der Waals surface area contributed by atoms with E-state index in [1.807, 2.05) is 6.92 Å². The minimum absolute atomic E-state index is 0.170. The number of amides is 1. The molecule has 136 valence electrons. The molecule has 1 amide bonds. The molecule has 0 fully saturated rings. The maximum atomic E-state index is 12.4. The van der Waals surface area contributed by atoms with E-state index in [0.29, 0.717) is 26.9 Å². The highest BCUT2D eigenvalue weighted by Crippen LogP contribution is 2.27. The smallest absolute Gasteiger partial charge is 0.316 e. The summed E-state index contributed by atoms with van der Waals surface area (Å²) >= 11 is 3.87. The van der Waals surface area contributed by atoms with Gasteiger partial charge in [0.1, 0.15) is 4.88 Å². The molecule has 0 saturated heterocycles. The van der Waals surface area contributed by atoms with Gasteiger partial charge in [0, 0.05) is 6.42 Å². The fourth-order valence-electron chi connectivity index (χ4n) is 1.90. The molecule has 7 nitrogen and oxygen atoms in total. The molecule has 2 heterocycles. The van der Waals surface area contributed by atoms with Gasteiger partial charge in [-0.2, -0.15) is 0 Å². The van der Waals surface area contributed by atoms with Gasteiger partial charge in [-0.05, 0) is 19.8 Å². The lowest BCUT2D eigenvalue weighted by atomic mass is 10.1. The van der Waals surface area contributed by atoms with E-state index in [0.717, 1.165) is 17.1 Å². The third kappa shape index (κ3) is 6.05. The number of aryl methyl sites for hydroxylation is 1. The van der Waals surface area contributed by atoms with Gasteiger partial charge < -0.3 is 4.74 Å². The van der Waals surface area contributed by atoms with Crippen molar-refractivity contribution in [3.63, 3.8) is 0 Å². The molecule has 0 aromatic carbocycles. The lowest BCUT2D eigenvalue weighted by Crippen LogP contribution is -2.11. The molecule has 0 unspecified atom stereocenters. The van der Waals surface area contributed by atoms with Crippen LogP contribution in [0.15, 0.2) is 4.34 Å². The van der Waals surface area contributed by atoms with Gasteiger partial charge in [-0.15, -0.1) is 21.5 Å². The maximum absolute atomic E-state index is 12.4. The van der Waals surface area contributed by atoms with Crippen molar-refractivity contribution in [3.8, 4) is 0 Å². The molecule has 0 radical (unpaired) electrons. The highest BCUT2D eigenvalue weighted by atomic mass is 32.2. The highest BCUT2D eigenvalue weighted by Gasteiger charge is 2.18. The predicted octanol–water partition coefficient (Wildman–Crippen LogP) is 3.41. The Kier molecular flexibility index (Phi) is 7.33. The quantitative estimate of drug-likeness (QED) is 0.412. The summed E-state index contributed by atoms with van der Waals surface area (Å²) < 4.78 is 5.46. The number of carbonyl (C=O) groups is 2. The van der Waals surface area contributed by atoms with E-state index in [-0.39, 0.29) is 17.6 Å². The van der Waals surface area contributed by atoms with Crippen LogP contribution in [0.4, 0.5) is 5.13 Å². The first-order chi connectivity index (χ1) is 11.9. The molecule has 0 bridgehead atoms. The number of carbonyl (C=O) groups excluding carboxylic acids is 2. The summed E-state index contributed by atoms with van der Waals surface area (Å²) in [5, 5.41) is 12.0. The summed E-state index contributed by atoms with van der Waals surface area (Å²) in [5.41, 5.74) is 0.722. The number of nitrogens with one attached hydrogen (secondary N) is 1. The number of thioether (sulfide) groups is 1.